The second-order valence-electron chi connectivity index (χ2n) is 6.30. The Balaban J connectivity index is 2.29. The van der Waals surface area contributed by atoms with Crippen LogP contribution in [0.1, 0.15) is 66.2 Å². The molecule has 1 saturated heterocycles. The highest BCUT2D eigenvalue weighted by Gasteiger charge is 2.27. The molecule has 1 rings (SSSR count). The fourth-order valence-electron chi connectivity index (χ4n) is 3.03. The fourth-order valence-corrected chi connectivity index (χ4v) is 3.03. The molecule has 0 aliphatic carbocycles. The molecule has 0 aromatic heterocycles. The largest absolute Gasteiger partial charge is 0.378 e. The van der Waals surface area contributed by atoms with Crippen LogP contribution in [0.3, 0.4) is 0 Å². The minimum atomic E-state index is -0.379. The number of nitrogens with zero attached hydrogens (tertiary/aromatic N) is 1. The van der Waals surface area contributed by atoms with Crippen LogP contribution in [0.4, 0.5) is 0 Å². The van der Waals surface area contributed by atoms with Crippen molar-refractivity contribution in [3.8, 4) is 6.07 Å². The van der Waals surface area contributed by atoms with Crippen LogP contribution in [0.15, 0.2) is 0 Å². The summed E-state index contributed by atoms with van der Waals surface area (Å²) >= 11 is 0. The van der Waals surface area contributed by atoms with E-state index in [2.05, 4.69) is 39.1 Å². The molecule has 1 aliphatic rings. The first-order valence-corrected chi connectivity index (χ1v) is 8.48. The van der Waals surface area contributed by atoms with Crippen LogP contribution in [-0.4, -0.2) is 37.0 Å². The van der Waals surface area contributed by atoms with E-state index < -0.39 is 0 Å². The molecule has 1 N–H and O–H groups in total. The molecule has 1 aliphatic heterocycles. The molecule has 1 fully saturated rings. The zero-order valence-electron chi connectivity index (χ0n) is 14.2. The van der Waals surface area contributed by atoms with Gasteiger partial charge in [0, 0.05) is 6.61 Å². The first-order chi connectivity index (χ1) is 10.0. The quantitative estimate of drug-likeness (QED) is 0.662. The van der Waals surface area contributed by atoms with Crippen molar-refractivity contribution in [1.29, 1.82) is 5.26 Å². The number of hydrogen-bond donors (Lipinski definition) is 1. The Labute approximate surface area is 130 Å². The van der Waals surface area contributed by atoms with Gasteiger partial charge in [0.1, 0.15) is 5.54 Å². The van der Waals surface area contributed by atoms with Gasteiger partial charge in [0.2, 0.25) is 0 Å². The average Bonchev–Trinajstić information content (AvgIpc) is 2.46. The Bertz CT molecular complexity index is 319. The van der Waals surface area contributed by atoms with Gasteiger partial charge in [-0.05, 0) is 58.9 Å². The van der Waals surface area contributed by atoms with Crippen molar-refractivity contribution in [2.75, 3.05) is 13.2 Å². The van der Waals surface area contributed by atoms with Gasteiger partial charge in [-0.3, -0.25) is 5.32 Å². The summed E-state index contributed by atoms with van der Waals surface area (Å²) in [6, 6.07) is 2.47. The van der Waals surface area contributed by atoms with Crippen LogP contribution in [0.2, 0.25) is 0 Å². The standard InChI is InChI=1S/C17H32N2O2/c1-5-9-19-17(6-2,13-18)8-7-10-20-16-11-14(3)21-15(4)12-16/h14-16,19H,5-12H2,1-4H3. The van der Waals surface area contributed by atoms with E-state index in [-0.39, 0.29) is 5.54 Å². The number of rotatable bonds is 9. The molecule has 0 aromatic rings. The molecule has 122 valence electrons. The van der Waals surface area contributed by atoms with Gasteiger partial charge < -0.3 is 9.47 Å². The van der Waals surface area contributed by atoms with Crippen LogP contribution >= 0.6 is 0 Å². The minimum Gasteiger partial charge on any atom is -0.378 e. The molecule has 1 heterocycles. The van der Waals surface area contributed by atoms with E-state index in [4.69, 9.17) is 9.47 Å². The molecule has 21 heavy (non-hydrogen) atoms. The molecule has 3 unspecified atom stereocenters. The number of nitrogens with one attached hydrogen (secondary N) is 1. The van der Waals surface area contributed by atoms with Crippen molar-refractivity contribution < 1.29 is 9.47 Å². The maximum atomic E-state index is 9.45. The maximum absolute atomic E-state index is 9.45. The van der Waals surface area contributed by atoms with E-state index in [1.54, 1.807) is 0 Å². The predicted molar refractivity (Wildman–Crippen MR) is 85.1 cm³/mol. The van der Waals surface area contributed by atoms with E-state index in [1.807, 2.05) is 0 Å². The lowest BCUT2D eigenvalue weighted by atomic mass is 9.92. The molecule has 3 atom stereocenters. The second kappa shape index (κ2) is 9.40. The lowest BCUT2D eigenvalue weighted by molar-refractivity contribution is -0.102. The van der Waals surface area contributed by atoms with Gasteiger partial charge >= 0.3 is 0 Å². The van der Waals surface area contributed by atoms with Crippen molar-refractivity contribution in [1.82, 2.24) is 5.32 Å². The van der Waals surface area contributed by atoms with Gasteiger partial charge in [-0.2, -0.15) is 5.26 Å². The molecular formula is C17H32N2O2. The van der Waals surface area contributed by atoms with Crippen molar-refractivity contribution in [3.05, 3.63) is 0 Å². The van der Waals surface area contributed by atoms with E-state index in [0.717, 1.165) is 51.7 Å². The van der Waals surface area contributed by atoms with Crippen LogP contribution in [0.25, 0.3) is 0 Å². The molecule has 0 radical (unpaired) electrons. The minimum absolute atomic E-state index is 0.291. The zero-order chi connectivity index (χ0) is 15.7. The summed E-state index contributed by atoms with van der Waals surface area (Å²) in [5, 5.41) is 12.8. The van der Waals surface area contributed by atoms with Gasteiger partial charge in [-0.1, -0.05) is 13.8 Å². The number of nitriles is 1. The van der Waals surface area contributed by atoms with E-state index >= 15 is 0 Å². The van der Waals surface area contributed by atoms with Crippen molar-refractivity contribution in [2.24, 2.45) is 0 Å². The second-order valence-corrected chi connectivity index (χ2v) is 6.30. The summed E-state index contributed by atoms with van der Waals surface area (Å²) in [5.41, 5.74) is -0.379. The van der Waals surface area contributed by atoms with Gasteiger partial charge in [0.15, 0.2) is 0 Å². The first kappa shape index (κ1) is 18.4. The molecular weight excluding hydrogens is 264 g/mol. The van der Waals surface area contributed by atoms with Gasteiger partial charge in [-0.15, -0.1) is 0 Å². The van der Waals surface area contributed by atoms with Crippen molar-refractivity contribution in [3.63, 3.8) is 0 Å². The first-order valence-electron chi connectivity index (χ1n) is 8.48. The third kappa shape index (κ3) is 6.34. The summed E-state index contributed by atoms with van der Waals surface area (Å²) in [7, 11) is 0. The van der Waals surface area contributed by atoms with Gasteiger partial charge in [0.05, 0.1) is 24.4 Å². The normalized spacial score (nSPS) is 28.8. The molecule has 0 bridgehead atoms. The van der Waals surface area contributed by atoms with Crippen LogP contribution in [-0.2, 0) is 9.47 Å². The smallest absolute Gasteiger partial charge is 0.106 e. The highest BCUT2D eigenvalue weighted by atomic mass is 16.5. The molecule has 0 amide bonds. The summed E-state index contributed by atoms with van der Waals surface area (Å²) in [5.74, 6) is 0. The lowest BCUT2D eigenvalue weighted by Gasteiger charge is -2.32. The summed E-state index contributed by atoms with van der Waals surface area (Å²) < 4.78 is 11.7. The van der Waals surface area contributed by atoms with Gasteiger partial charge in [-0.25, -0.2) is 0 Å². The SMILES string of the molecule is CCCNC(C#N)(CC)CCCOC1CC(C)OC(C)C1. The summed E-state index contributed by atoms with van der Waals surface area (Å²) in [6.45, 7) is 10.1. The van der Waals surface area contributed by atoms with E-state index in [1.165, 1.54) is 0 Å². The molecule has 0 aromatic carbocycles. The predicted octanol–water partition coefficient (Wildman–Crippen LogP) is 3.41. The van der Waals surface area contributed by atoms with Crippen LogP contribution < -0.4 is 5.32 Å². The summed E-state index contributed by atoms with van der Waals surface area (Å²) in [6.07, 6.45) is 6.53. The Morgan fingerprint density at radius 1 is 1.29 bits per heavy atom. The van der Waals surface area contributed by atoms with Crippen molar-refractivity contribution >= 4 is 0 Å². The average molecular weight is 296 g/mol. The third-order valence-electron chi connectivity index (χ3n) is 4.29. The number of hydrogen-bond acceptors (Lipinski definition) is 4. The lowest BCUT2D eigenvalue weighted by Crippen LogP contribution is -2.44. The highest BCUT2D eigenvalue weighted by molar-refractivity contribution is 5.06. The maximum Gasteiger partial charge on any atom is 0.106 e. The molecule has 0 saturated carbocycles. The number of ether oxygens (including phenoxy) is 2. The Morgan fingerprint density at radius 2 is 1.95 bits per heavy atom. The Morgan fingerprint density at radius 3 is 2.48 bits per heavy atom. The van der Waals surface area contributed by atoms with Crippen molar-refractivity contribution in [2.45, 2.75) is 90.1 Å². The topological polar surface area (TPSA) is 54.3 Å². The molecule has 4 heteroatoms. The van der Waals surface area contributed by atoms with E-state index in [0.29, 0.717) is 18.3 Å². The van der Waals surface area contributed by atoms with Gasteiger partial charge in [0.25, 0.3) is 0 Å². The van der Waals surface area contributed by atoms with Crippen LogP contribution in [0.5, 0.6) is 0 Å². The third-order valence-corrected chi connectivity index (χ3v) is 4.29. The molecule has 4 nitrogen and oxygen atoms in total. The van der Waals surface area contributed by atoms with Crippen LogP contribution in [0, 0.1) is 11.3 Å². The monoisotopic (exact) mass is 296 g/mol. The summed E-state index contributed by atoms with van der Waals surface area (Å²) in [4.78, 5) is 0. The Hall–Kier alpha value is -0.630. The highest BCUT2D eigenvalue weighted by Crippen LogP contribution is 2.22. The zero-order valence-corrected chi connectivity index (χ0v) is 14.2. The Kier molecular flexibility index (Phi) is 8.24. The fraction of sp³-hybridized carbons (Fsp3) is 0.941. The molecule has 0 spiro atoms. The van der Waals surface area contributed by atoms with E-state index in [9.17, 15) is 5.26 Å².